The highest BCUT2D eigenvalue weighted by atomic mass is 35.5. The van der Waals surface area contributed by atoms with Crippen molar-refractivity contribution in [3.63, 3.8) is 0 Å². The third-order valence-electron chi connectivity index (χ3n) is 6.12. The molecule has 2 aromatic carbocycles. The minimum absolute atomic E-state index is 0.120. The first-order chi connectivity index (χ1) is 14.6. The average molecular weight is 426 g/mol. The Labute approximate surface area is 182 Å². The Kier molecular flexibility index (Phi) is 6.30. The van der Waals surface area contributed by atoms with E-state index in [1.54, 1.807) is 7.11 Å². The van der Waals surface area contributed by atoms with Crippen molar-refractivity contribution in [3.05, 3.63) is 64.8 Å². The second-order valence-corrected chi connectivity index (χ2v) is 8.18. The number of likely N-dealkylation sites (N-methyl/N-ethyl adjacent to an activating group) is 1. The van der Waals surface area contributed by atoms with Gasteiger partial charge in [0, 0.05) is 66.2 Å². The number of halogens is 1. The molecule has 0 unspecified atom stereocenters. The van der Waals surface area contributed by atoms with Crippen molar-refractivity contribution >= 4 is 28.4 Å². The van der Waals surface area contributed by atoms with Crippen LogP contribution in [0.25, 0.3) is 10.9 Å². The zero-order valence-electron chi connectivity index (χ0n) is 17.5. The van der Waals surface area contributed by atoms with Crippen molar-refractivity contribution in [1.29, 1.82) is 0 Å². The fourth-order valence-electron chi connectivity index (χ4n) is 4.36. The number of piperazine rings is 1. The molecular formula is C24H28ClN3O2. The van der Waals surface area contributed by atoms with E-state index in [1.807, 2.05) is 47.5 Å². The molecule has 0 spiro atoms. The number of hydrogen-bond acceptors (Lipinski definition) is 3. The Bertz CT molecular complexity index is 1020. The van der Waals surface area contributed by atoms with E-state index in [0.717, 1.165) is 60.5 Å². The maximum absolute atomic E-state index is 13.3. The first-order valence-electron chi connectivity index (χ1n) is 10.5. The van der Waals surface area contributed by atoms with Crippen LogP contribution in [0.4, 0.5) is 0 Å². The van der Waals surface area contributed by atoms with E-state index >= 15 is 0 Å². The Hall–Kier alpha value is -2.50. The van der Waals surface area contributed by atoms with Gasteiger partial charge < -0.3 is 19.5 Å². The largest absolute Gasteiger partial charge is 0.496 e. The molecule has 1 atom stereocenters. The Morgan fingerprint density at radius 2 is 1.90 bits per heavy atom. The summed E-state index contributed by atoms with van der Waals surface area (Å²) in [5.74, 6) is 0.852. The number of nitrogens with one attached hydrogen (secondary N) is 1. The number of para-hydroxylation sites is 1. The fourth-order valence-corrected chi connectivity index (χ4v) is 4.53. The molecule has 1 aromatic heterocycles. The van der Waals surface area contributed by atoms with Crippen molar-refractivity contribution in [2.75, 3.05) is 39.8 Å². The predicted octanol–water partition coefficient (Wildman–Crippen LogP) is 4.52. The summed E-state index contributed by atoms with van der Waals surface area (Å²) in [6.07, 6.45) is 2.40. The van der Waals surface area contributed by atoms with Crippen LogP contribution in [-0.4, -0.2) is 60.5 Å². The predicted molar refractivity (Wildman–Crippen MR) is 121 cm³/mol. The normalized spacial score (nSPS) is 16.0. The van der Waals surface area contributed by atoms with Crippen LogP contribution in [0.5, 0.6) is 5.75 Å². The number of amides is 1. The number of fused-ring (bicyclic) bond motifs is 1. The SMILES string of the molecule is CCN1CCN(C(=O)C[C@H](c2ccccc2OC)c2c[nH]c3ccc(Cl)cc23)CC1. The van der Waals surface area contributed by atoms with Crippen LogP contribution in [0.15, 0.2) is 48.7 Å². The Balaban J connectivity index is 1.69. The lowest BCUT2D eigenvalue weighted by molar-refractivity contribution is -0.133. The molecule has 1 aliphatic heterocycles. The van der Waals surface area contributed by atoms with Gasteiger partial charge in [-0.05, 0) is 36.4 Å². The molecule has 158 valence electrons. The summed E-state index contributed by atoms with van der Waals surface area (Å²) in [6.45, 7) is 6.63. The van der Waals surface area contributed by atoms with E-state index in [4.69, 9.17) is 16.3 Å². The van der Waals surface area contributed by atoms with Crippen LogP contribution in [-0.2, 0) is 4.79 Å². The number of aromatic amines is 1. The molecule has 30 heavy (non-hydrogen) atoms. The number of rotatable bonds is 6. The minimum Gasteiger partial charge on any atom is -0.496 e. The monoisotopic (exact) mass is 425 g/mol. The third kappa shape index (κ3) is 4.18. The second kappa shape index (κ2) is 9.11. The first-order valence-corrected chi connectivity index (χ1v) is 10.9. The number of carbonyl (C=O) groups is 1. The lowest BCUT2D eigenvalue weighted by Crippen LogP contribution is -2.48. The highest BCUT2D eigenvalue weighted by Gasteiger charge is 2.28. The van der Waals surface area contributed by atoms with Gasteiger partial charge in [-0.1, -0.05) is 36.7 Å². The second-order valence-electron chi connectivity index (χ2n) is 7.75. The molecule has 0 aliphatic carbocycles. The van der Waals surface area contributed by atoms with E-state index in [1.165, 1.54) is 0 Å². The van der Waals surface area contributed by atoms with Crippen molar-refractivity contribution < 1.29 is 9.53 Å². The summed E-state index contributed by atoms with van der Waals surface area (Å²) in [6, 6.07) is 13.8. The van der Waals surface area contributed by atoms with Crippen LogP contribution < -0.4 is 4.74 Å². The first kappa shape index (κ1) is 20.8. The van der Waals surface area contributed by atoms with Gasteiger partial charge in [-0.15, -0.1) is 0 Å². The molecule has 4 rings (SSSR count). The van der Waals surface area contributed by atoms with E-state index in [9.17, 15) is 4.79 Å². The van der Waals surface area contributed by atoms with Crippen LogP contribution in [0.2, 0.25) is 5.02 Å². The van der Waals surface area contributed by atoms with Gasteiger partial charge >= 0.3 is 0 Å². The third-order valence-corrected chi connectivity index (χ3v) is 6.35. The number of aromatic nitrogens is 1. The number of carbonyl (C=O) groups excluding carboxylic acids is 1. The zero-order chi connectivity index (χ0) is 21.1. The Morgan fingerprint density at radius 1 is 1.13 bits per heavy atom. The van der Waals surface area contributed by atoms with Gasteiger partial charge in [0.05, 0.1) is 7.11 Å². The van der Waals surface area contributed by atoms with E-state index < -0.39 is 0 Å². The summed E-state index contributed by atoms with van der Waals surface area (Å²) >= 11 is 6.29. The summed E-state index contributed by atoms with van der Waals surface area (Å²) in [7, 11) is 1.67. The lowest BCUT2D eigenvalue weighted by atomic mass is 9.87. The molecule has 1 amide bonds. The molecule has 1 N–H and O–H groups in total. The van der Waals surface area contributed by atoms with Crippen molar-refractivity contribution in [2.45, 2.75) is 19.3 Å². The molecule has 3 aromatic rings. The van der Waals surface area contributed by atoms with Gasteiger partial charge in [-0.3, -0.25) is 4.79 Å². The fraction of sp³-hybridized carbons (Fsp3) is 0.375. The molecule has 1 saturated heterocycles. The van der Waals surface area contributed by atoms with Crippen LogP contribution in [0.3, 0.4) is 0 Å². The van der Waals surface area contributed by atoms with Gasteiger partial charge in [0.1, 0.15) is 5.75 Å². The van der Waals surface area contributed by atoms with E-state index in [-0.39, 0.29) is 11.8 Å². The van der Waals surface area contributed by atoms with Crippen LogP contribution >= 0.6 is 11.6 Å². The standard InChI is InChI=1S/C24H28ClN3O2/c1-3-27-10-12-28(13-11-27)24(29)15-19(18-6-4-5-7-23(18)30-2)21-16-26-22-9-8-17(25)14-20(21)22/h4-9,14,16,19,26H,3,10-13,15H2,1-2H3/t19-/m1/s1. The molecule has 6 heteroatoms. The van der Waals surface area contributed by atoms with E-state index in [2.05, 4.69) is 22.9 Å². The molecule has 0 saturated carbocycles. The molecule has 0 bridgehead atoms. The van der Waals surface area contributed by atoms with Crippen LogP contribution in [0, 0.1) is 0 Å². The zero-order valence-corrected chi connectivity index (χ0v) is 18.3. The maximum Gasteiger partial charge on any atom is 0.223 e. The van der Waals surface area contributed by atoms with Gasteiger partial charge in [0.15, 0.2) is 0 Å². The number of ether oxygens (including phenoxy) is 1. The van der Waals surface area contributed by atoms with Gasteiger partial charge in [0.2, 0.25) is 5.91 Å². The molecule has 2 heterocycles. The van der Waals surface area contributed by atoms with Gasteiger partial charge in [0.25, 0.3) is 0 Å². The van der Waals surface area contributed by atoms with Crippen molar-refractivity contribution in [2.24, 2.45) is 0 Å². The highest BCUT2D eigenvalue weighted by Crippen LogP contribution is 2.38. The van der Waals surface area contributed by atoms with Crippen molar-refractivity contribution in [3.8, 4) is 5.75 Å². The number of nitrogens with zero attached hydrogens (tertiary/aromatic N) is 2. The summed E-state index contributed by atoms with van der Waals surface area (Å²) in [5, 5.41) is 1.73. The average Bonchev–Trinajstić information content (AvgIpc) is 3.20. The van der Waals surface area contributed by atoms with Crippen molar-refractivity contribution in [1.82, 2.24) is 14.8 Å². The number of hydrogen-bond donors (Lipinski definition) is 1. The topological polar surface area (TPSA) is 48.6 Å². The van der Waals surface area contributed by atoms with Crippen LogP contribution in [0.1, 0.15) is 30.4 Å². The molecule has 5 nitrogen and oxygen atoms in total. The highest BCUT2D eigenvalue weighted by molar-refractivity contribution is 6.31. The molecular weight excluding hydrogens is 398 g/mol. The quantitative estimate of drug-likeness (QED) is 0.631. The van der Waals surface area contributed by atoms with Gasteiger partial charge in [-0.25, -0.2) is 0 Å². The molecule has 0 radical (unpaired) electrons. The Morgan fingerprint density at radius 3 is 2.63 bits per heavy atom. The smallest absolute Gasteiger partial charge is 0.223 e. The molecule has 1 fully saturated rings. The van der Waals surface area contributed by atoms with E-state index in [0.29, 0.717) is 11.4 Å². The lowest BCUT2D eigenvalue weighted by Gasteiger charge is -2.35. The number of H-pyrrole nitrogens is 1. The minimum atomic E-state index is -0.120. The maximum atomic E-state index is 13.3. The molecule has 1 aliphatic rings. The summed E-state index contributed by atoms with van der Waals surface area (Å²) in [4.78, 5) is 21.0. The summed E-state index contributed by atoms with van der Waals surface area (Å²) < 4.78 is 5.65. The number of benzene rings is 2. The van der Waals surface area contributed by atoms with Gasteiger partial charge in [-0.2, -0.15) is 0 Å². The number of methoxy groups -OCH3 is 1. The summed E-state index contributed by atoms with van der Waals surface area (Å²) in [5.41, 5.74) is 3.09.